The molecule has 1 N–H and O–H groups in total. The molecule has 0 amide bonds. The predicted octanol–water partition coefficient (Wildman–Crippen LogP) is 4.35. The van der Waals surface area contributed by atoms with Gasteiger partial charge in [0.25, 0.3) is 0 Å². The van der Waals surface area contributed by atoms with Crippen LogP contribution in [-0.4, -0.2) is 33.3 Å². The topological polar surface area (TPSA) is 103 Å². The first-order valence-electron chi connectivity index (χ1n) is 10.1. The summed E-state index contributed by atoms with van der Waals surface area (Å²) in [7, 11) is -3.45. The van der Waals surface area contributed by atoms with E-state index in [1.54, 1.807) is 42.5 Å². The lowest BCUT2D eigenvalue weighted by Crippen LogP contribution is -2.09. The van der Waals surface area contributed by atoms with Crippen molar-refractivity contribution in [2.45, 2.75) is 32.6 Å². The van der Waals surface area contributed by atoms with E-state index in [0.717, 1.165) is 25.4 Å². The fraction of sp³-hybridized carbons (Fsp3) is 0.304. The number of carbonyl (C=O) groups is 2. The fourth-order valence-electron chi connectivity index (χ4n) is 3.26. The zero-order chi connectivity index (χ0) is 22.4. The number of anilines is 1. The molecule has 0 saturated carbocycles. The van der Waals surface area contributed by atoms with E-state index in [1.807, 2.05) is 0 Å². The van der Waals surface area contributed by atoms with Gasteiger partial charge in [-0.05, 0) is 48.9 Å². The number of carbonyl (C=O) groups excluding carboxylic acids is 2. The molecule has 0 aliphatic rings. The highest BCUT2D eigenvalue weighted by atomic mass is 32.2. The lowest BCUT2D eigenvalue weighted by atomic mass is 9.98. The Labute approximate surface area is 181 Å². The fourth-order valence-corrected chi connectivity index (χ4v) is 3.82. The average molecular weight is 444 g/mol. The Balaban J connectivity index is 1.99. The van der Waals surface area contributed by atoms with Crippen molar-refractivity contribution < 1.29 is 27.2 Å². The second-order valence-electron chi connectivity index (χ2n) is 7.25. The maximum atomic E-state index is 13.4. The van der Waals surface area contributed by atoms with Gasteiger partial charge in [-0.25, -0.2) is 8.42 Å². The van der Waals surface area contributed by atoms with Gasteiger partial charge in [-0.2, -0.15) is 0 Å². The zero-order valence-corrected chi connectivity index (χ0v) is 18.3. The van der Waals surface area contributed by atoms with Gasteiger partial charge in [-0.3, -0.25) is 9.52 Å². The summed E-state index contributed by atoms with van der Waals surface area (Å²) < 4.78 is 37.1. The van der Waals surface area contributed by atoms with Crippen molar-refractivity contribution in [3.05, 3.63) is 59.4 Å². The Morgan fingerprint density at radius 1 is 1.16 bits per heavy atom. The van der Waals surface area contributed by atoms with Gasteiger partial charge in [0.1, 0.15) is 23.4 Å². The van der Waals surface area contributed by atoms with Gasteiger partial charge in [-0.1, -0.05) is 13.3 Å². The highest BCUT2D eigenvalue weighted by Crippen LogP contribution is 2.32. The summed E-state index contributed by atoms with van der Waals surface area (Å²) in [6, 6.07) is 11.6. The highest BCUT2D eigenvalue weighted by molar-refractivity contribution is 7.92. The number of hydrogen-bond acceptors (Lipinski definition) is 6. The molecule has 0 spiro atoms. The minimum atomic E-state index is -3.45. The van der Waals surface area contributed by atoms with E-state index in [9.17, 15) is 18.0 Å². The van der Waals surface area contributed by atoms with Crippen LogP contribution in [0.5, 0.6) is 5.75 Å². The lowest BCUT2D eigenvalue weighted by molar-refractivity contribution is -0.108. The molecule has 0 bridgehead atoms. The number of benzene rings is 2. The molecule has 1 aromatic heterocycles. The van der Waals surface area contributed by atoms with Crippen molar-refractivity contribution in [1.29, 1.82) is 0 Å². The number of rotatable bonds is 11. The van der Waals surface area contributed by atoms with E-state index in [2.05, 4.69) is 11.6 Å². The number of nitrogens with one attached hydrogen (secondary N) is 1. The largest absolute Gasteiger partial charge is 0.493 e. The van der Waals surface area contributed by atoms with Crippen molar-refractivity contribution in [2.75, 3.05) is 17.6 Å². The molecule has 0 aliphatic heterocycles. The Morgan fingerprint density at radius 3 is 2.55 bits per heavy atom. The number of furan rings is 1. The van der Waals surface area contributed by atoms with Crippen LogP contribution in [0.4, 0.5) is 5.69 Å². The molecule has 0 atom stereocenters. The number of sulfonamides is 1. The first-order chi connectivity index (χ1) is 14.8. The minimum absolute atomic E-state index is 0.208. The molecule has 3 aromatic rings. The SMILES string of the molecule is CCCCc1oc2ccc(NS(C)(=O)=O)cc2c1C(=O)c1ccc(OCCC=O)cc1. The third kappa shape index (κ3) is 5.73. The van der Waals surface area contributed by atoms with Gasteiger partial charge in [-0.15, -0.1) is 0 Å². The summed E-state index contributed by atoms with van der Waals surface area (Å²) in [5.74, 6) is 0.951. The van der Waals surface area contributed by atoms with Crippen LogP contribution in [0.15, 0.2) is 46.9 Å². The van der Waals surface area contributed by atoms with Gasteiger partial charge in [0, 0.05) is 29.5 Å². The number of unbranched alkanes of at least 4 members (excludes halogenated alkanes) is 1. The zero-order valence-electron chi connectivity index (χ0n) is 17.5. The molecule has 8 heteroatoms. The molecular weight excluding hydrogens is 418 g/mol. The smallest absolute Gasteiger partial charge is 0.229 e. The normalized spacial score (nSPS) is 11.4. The number of aryl methyl sites for hydroxylation is 1. The number of aldehydes is 1. The highest BCUT2D eigenvalue weighted by Gasteiger charge is 2.22. The standard InChI is InChI=1S/C23H25NO6S/c1-3-4-6-21-22(19-15-17(24-31(2,27)28)9-12-20(19)30-21)23(26)16-7-10-18(11-8-16)29-14-5-13-25/h7-13,15,24H,3-6,14H2,1-2H3. The first kappa shape index (κ1) is 22.6. The number of fused-ring (bicyclic) bond motifs is 1. The molecular formula is C23H25NO6S. The molecule has 0 aliphatic carbocycles. The summed E-state index contributed by atoms with van der Waals surface area (Å²) in [5, 5.41) is 0.566. The minimum Gasteiger partial charge on any atom is -0.493 e. The van der Waals surface area contributed by atoms with Crippen LogP contribution in [0.2, 0.25) is 0 Å². The van der Waals surface area contributed by atoms with Gasteiger partial charge in [0.2, 0.25) is 10.0 Å². The maximum Gasteiger partial charge on any atom is 0.229 e. The van der Waals surface area contributed by atoms with Crippen LogP contribution >= 0.6 is 0 Å². The van der Waals surface area contributed by atoms with Crippen LogP contribution in [0.25, 0.3) is 11.0 Å². The Bertz CT molecular complexity index is 1180. The van der Waals surface area contributed by atoms with Crippen LogP contribution in [0, 0.1) is 0 Å². The van der Waals surface area contributed by atoms with Crippen LogP contribution in [0.1, 0.15) is 47.9 Å². The molecule has 0 unspecified atom stereocenters. The second kappa shape index (κ2) is 9.78. The Morgan fingerprint density at radius 2 is 1.90 bits per heavy atom. The molecule has 164 valence electrons. The summed E-state index contributed by atoms with van der Waals surface area (Å²) in [6.45, 7) is 2.34. The third-order valence-corrected chi connectivity index (χ3v) is 5.28. The second-order valence-corrected chi connectivity index (χ2v) is 8.99. The Hall–Kier alpha value is -3.13. The van der Waals surface area contributed by atoms with E-state index < -0.39 is 10.0 Å². The summed E-state index contributed by atoms with van der Waals surface area (Å²) >= 11 is 0. The van der Waals surface area contributed by atoms with E-state index in [-0.39, 0.29) is 12.4 Å². The molecule has 0 radical (unpaired) electrons. The summed E-state index contributed by atoms with van der Waals surface area (Å²) in [6.07, 6.45) is 4.56. The quantitative estimate of drug-likeness (QED) is 0.269. The van der Waals surface area contributed by atoms with E-state index in [1.165, 1.54) is 0 Å². The van der Waals surface area contributed by atoms with E-state index in [0.29, 0.717) is 52.1 Å². The summed E-state index contributed by atoms with van der Waals surface area (Å²) in [5.41, 5.74) is 1.80. The molecule has 31 heavy (non-hydrogen) atoms. The van der Waals surface area contributed by atoms with Gasteiger partial charge in [0.15, 0.2) is 5.78 Å². The molecule has 0 fully saturated rings. The summed E-state index contributed by atoms with van der Waals surface area (Å²) in [4.78, 5) is 23.8. The van der Waals surface area contributed by atoms with E-state index >= 15 is 0 Å². The number of ketones is 1. The van der Waals surface area contributed by atoms with Crippen molar-refractivity contribution in [3.63, 3.8) is 0 Å². The third-order valence-electron chi connectivity index (χ3n) is 4.67. The molecule has 7 nitrogen and oxygen atoms in total. The van der Waals surface area contributed by atoms with Crippen LogP contribution in [-0.2, 0) is 21.2 Å². The lowest BCUT2D eigenvalue weighted by Gasteiger charge is -2.07. The van der Waals surface area contributed by atoms with Crippen LogP contribution in [0.3, 0.4) is 0 Å². The molecule has 3 rings (SSSR count). The van der Waals surface area contributed by atoms with Gasteiger partial charge >= 0.3 is 0 Å². The Kier molecular flexibility index (Phi) is 7.12. The van der Waals surface area contributed by atoms with Crippen molar-refractivity contribution in [3.8, 4) is 5.75 Å². The van der Waals surface area contributed by atoms with Gasteiger partial charge in [0.05, 0.1) is 18.4 Å². The molecule has 2 aromatic carbocycles. The predicted molar refractivity (Wildman–Crippen MR) is 119 cm³/mol. The van der Waals surface area contributed by atoms with E-state index in [4.69, 9.17) is 9.15 Å². The number of hydrogen-bond donors (Lipinski definition) is 1. The molecule has 1 heterocycles. The molecule has 0 saturated heterocycles. The van der Waals surface area contributed by atoms with Crippen molar-refractivity contribution in [2.24, 2.45) is 0 Å². The maximum absolute atomic E-state index is 13.4. The monoisotopic (exact) mass is 443 g/mol. The van der Waals surface area contributed by atoms with Crippen molar-refractivity contribution >= 4 is 38.7 Å². The number of ether oxygens (including phenoxy) is 1. The van der Waals surface area contributed by atoms with Gasteiger partial charge < -0.3 is 13.9 Å². The average Bonchev–Trinajstić information content (AvgIpc) is 3.08. The first-order valence-corrected chi connectivity index (χ1v) is 12.0. The van der Waals surface area contributed by atoms with Crippen molar-refractivity contribution in [1.82, 2.24) is 0 Å². The van der Waals surface area contributed by atoms with Crippen LogP contribution < -0.4 is 9.46 Å².